The highest BCUT2D eigenvalue weighted by molar-refractivity contribution is 5.93. The number of nitriles is 1. The molecule has 5 heteroatoms. The van der Waals surface area contributed by atoms with Crippen molar-refractivity contribution in [3.05, 3.63) is 89.5 Å². The molecule has 0 saturated carbocycles. The zero-order valence-electron chi connectivity index (χ0n) is 15.5. The van der Waals surface area contributed by atoms with Gasteiger partial charge in [-0.05, 0) is 35.4 Å². The Morgan fingerprint density at radius 3 is 2.50 bits per heavy atom. The second-order valence-corrected chi connectivity index (χ2v) is 6.13. The summed E-state index contributed by atoms with van der Waals surface area (Å²) in [6, 6.07) is 24.6. The quantitative estimate of drug-likeness (QED) is 0.675. The largest absolute Gasteiger partial charge is 0.495 e. The molecule has 3 aromatic carbocycles. The standard InChI is InChI=1S/C23H20N2O3/c1-27-22-12-11-18(15-24)14-20(22)25-23(26)16-28-21-10-6-5-9-19(21)13-17-7-3-2-4-8-17/h2-12,14H,13,16H2,1H3,(H,25,26). The van der Waals surface area contributed by atoms with E-state index < -0.39 is 0 Å². The molecule has 0 bridgehead atoms. The molecule has 0 aliphatic carbocycles. The molecule has 3 aromatic rings. The van der Waals surface area contributed by atoms with Crippen molar-refractivity contribution in [2.24, 2.45) is 0 Å². The minimum absolute atomic E-state index is 0.147. The minimum atomic E-state index is -0.331. The van der Waals surface area contributed by atoms with Gasteiger partial charge in [0.1, 0.15) is 11.5 Å². The molecule has 3 rings (SSSR count). The van der Waals surface area contributed by atoms with Crippen molar-refractivity contribution < 1.29 is 14.3 Å². The van der Waals surface area contributed by atoms with Crippen LogP contribution >= 0.6 is 0 Å². The molecule has 5 nitrogen and oxygen atoms in total. The summed E-state index contributed by atoms with van der Waals surface area (Å²) < 4.78 is 11.0. The second kappa shape index (κ2) is 9.24. The van der Waals surface area contributed by atoms with Crippen LogP contribution in [-0.4, -0.2) is 19.6 Å². The van der Waals surface area contributed by atoms with E-state index in [-0.39, 0.29) is 12.5 Å². The molecule has 0 fully saturated rings. The maximum Gasteiger partial charge on any atom is 0.262 e. The van der Waals surface area contributed by atoms with Gasteiger partial charge in [-0.25, -0.2) is 0 Å². The number of nitrogens with zero attached hydrogens (tertiary/aromatic N) is 1. The lowest BCUT2D eigenvalue weighted by Crippen LogP contribution is -2.21. The fraction of sp³-hybridized carbons (Fsp3) is 0.130. The number of anilines is 1. The molecule has 0 unspecified atom stereocenters. The fourth-order valence-corrected chi connectivity index (χ4v) is 2.81. The number of ether oxygens (including phenoxy) is 2. The molecular formula is C23H20N2O3. The van der Waals surface area contributed by atoms with Crippen molar-refractivity contribution in [3.63, 3.8) is 0 Å². The van der Waals surface area contributed by atoms with E-state index in [0.29, 0.717) is 22.7 Å². The van der Waals surface area contributed by atoms with Crippen LogP contribution in [0.4, 0.5) is 5.69 Å². The average Bonchev–Trinajstić information content (AvgIpc) is 2.74. The van der Waals surface area contributed by atoms with Gasteiger partial charge in [0.15, 0.2) is 6.61 Å². The number of carbonyl (C=O) groups is 1. The summed E-state index contributed by atoms with van der Waals surface area (Å²) in [7, 11) is 1.51. The molecule has 0 atom stereocenters. The Hall–Kier alpha value is -3.78. The number of para-hydroxylation sites is 1. The summed E-state index contributed by atoms with van der Waals surface area (Å²) >= 11 is 0. The van der Waals surface area contributed by atoms with Crippen LogP contribution in [-0.2, 0) is 11.2 Å². The fourth-order valence-electron chi connectivity index (χ4n) is 2.81. The van der Waals surface area contributed by atoms with Gasteiger partial charge in [-0.3, -0.25) is 4.79 Å². The number of amides is 1. The van der Waals surface area contributed by atoms with Gasteiger partial charge in [-0.2, -0.15) is 5.26 Å². The molecule has 0 aliphatic rings. The van der Waals surface area contributed by atoms with E-state index in [0.717, 1.165) is 12.0 Å². The molecule has 0 radical (unpaired) electrons. The highest BCUT2D eigenvalue weighted by atomic mass is 16.5. The Labute approximate surface area is 164 Å². The average molecular weight is 372 g/mol. The summed E-state index contributed by atoms with van der Waals surface area (Å²) in [6.45, 7) is -0.147. The third-order valence-electron chi connectivity index (χ3n) is 4.17. The summed E-state index contributed by atoms with van der Waals surface area (Å²) in [5, 5.41) is 11.8. The van der Waals surface area contributed by atoms with E-state index >= 15 is 0 Å². The Morgan fingerprint density at radius 1 is 1.00 bits per heavy atom. The van der Waals surface area contributed by atoms with Crippen molar-refractivity contribution in [1.29, 1.82) is 5.26 Å². The number of methoxy groups -OCH3 is 1. The van der Waals surface area contributed by atoms with Crippen LogP contribution in [0.3, 0.4) is 0 Å². The maximum atomic E-state index is 12.3. The van der Waals surface area contributed by atoms with Gasteiger partial charge in [0, 0.05) is 6.42 Å². The Morgan fingerprint density at radius 2 is 1.75 bits per heavy atom. The smallest absolute Gasteiger partial charge is 0.262 e. The molecule has 28 heavy (non-hydrogen) atoms. The lowest BCUT2D eigenvalue weighted by molar-refractivity contribution is -0.118. The van der Waals surface area contributed by atoms with Crippen molar-refractivity contribution in [3.8, 4) is 17.6 Å². The molecule has 0 heterocycles. The summed E-state index contributed by atoms with van der Waals surface area (Å²) in [5.74, 6) is 0.818. The Bertz CT molecular complexity index is 994. The van der Waals surface area contributed by atoms with Crippen LogP contribution in [0, 0.1) is 11.3 Å². The minimum Gasteiger partial charge on any atom is -0.495 e. The van der Waals surface area contributed by atoms with Crippen molar-refractivity contribution >= 4 is 11.6 Å². The molecule has 0 saturated heterocycles. The number of nitrogens with one attached hydrogen (secondary N) is 1. The molecular weight excluding hydrogens is 352 g/mol. The predicted molar refractivity (Wildman–Crippen MR) is 108 cm³/mol. The van der Waals surface area contributed by atoms with Gasteiger partial charge in [-0.15, -0.1) is 0 Å². The van der Waals surface area contributed by atoms with Gasteiger partial charge in [0.05, 0.1) is 24.4 Å². The van der Waals surface area contributed by atoms with Gasteiger partial charge in [0.25, 0.3) is 5.91 Å². The first-order chi connectivity index (χ1) is 13.7. The van der Waals surface area contributed by atoms with Crippen molar-refractivity contribution in [2.45, 2.75) is 6.42 Å². The third kappa shape index (κ3) is 4.89. The summed E-state index contributed by atoms with van der Waals surface area (Å²) in [5.41, 5.74) is 3.05. The van der Waals surface area contributed by atoms with Crippen LogP contribution in [0.1, 0.15) is 16.7 Å². The van der Waals surface area contributed by atoms with E-state index in [1.165, 1.54) is 12.7 Å². The van der Waals surface area contributed by atoms with Crippen LogP contribution in [0.25, 0.3) is 0 Å². The van der Waals surface area contributed by atoms with E-state index in [1.54, 1.807) is 18.2 Å². The van der Waals surface area contributed by atoms with Crippen LogP contribution in [0.2, 0.25) is 0 Å². The van der Waals surface area contributed by atoms with Gasteiger partial charge >= 0.3 is 0 Å². The number of benzene rings is 3. The van der Waals surface area contributed by atoms with Crippen LogP contribution in [0.15, 0.2) is 72.8 Å². The molecule has 0 aromatic heterocycles. The molecule has 0 aliphatic heterocycles. The molecule has 1 N–H and O–H groups in total. The first-order valence-electron chi connectivity index (χ1n) is 8.82. The van der Waals surface area contributed by atoms with E-state index in [9.17, 15) is 4.79 Å². The lowest BCUT2D eigenvalue weighted by atomic mass is 10.0. The van der Waals surface area contributed by atoms with Gasteiger partial charge in [-0.1, -0.05) is 48.5 Å². The maximum absolute atomic E-state index is 12.3. The second-order valence-electron chi connectivity index (χ2n) is 6.13. The van der Waals surface area contributed by atoms with Gasteiger partial charge in [0.2, 0.25) is 0 Å². The number of carbonyl (C=O) groups excluding carboxylic acids is 1. The van der Waals surface area contributed by atoms with Crippen molar-refractivity contribution in [2.75, 3.05) is 19.0 Å². The molecule has 0 spiro atoms. The Kier molecular flexibility index (Phi) is 6.27. The number of hydrogen-bond acceptors (Lipinski definition) is 4. The topological polar surface area (TPSA) is 71.3 Å². The SMILES string of the molecule is COc1ccc(C#N)cc1NC(=O)COc1ccccc1Cc1ccccc1. The number of hydrogen-bond donors (Lipinski definition) is 1. The zero-order valence-corrected chi connectivity index (χ0v) is 15.5. The van der Waals surface area contributed by atoms with E-state index in [2.05, 4.69) is 17.4 Å². The van der Waals surface area contributed by atoms with Crippen molar-refractivity contribution in [1.82, 2.24) is 0 Å². The highest BCUT2D eigenvalue weighted by Crippen LogP contribution is 2.25. The molecule has 140 valence electrons. The summed E-state index contributed by atoms with van der Waals surface area (Å²) in [4.78, 5) is 12.3. The number of rotatable bonds is 7. The Balaban J connectivity index is 1.66. The third-order valence-corrected chi connectivity index (χ3v) is 4.17. The lowest BCUT2D eigenvalue weighted by Gasteiger charge is -2.13. The monoisotopic (exact) mass is 372 g/mol. The van der Waals surface area contributed by atoms with Crippen LogP contribution < -0.4 is 14.8 Å². The summed E-state index contributed by atoms with van der Waals surface area (Å²) in [6.07, 6.45) is 0.719. The van der Waals surface area contributed by atoms with Crippen LogP contribution in [0.5, 0.6) is 11.5 Å². The first kappa shape index (κ1) is 19.0. The predicted octanol–water partition coefficient (Wildman–Crippen LogP) is 4.18. The molecule has 1 amide bonds. The zero-order chi connectivity index (χ0) is 19.8. The van der Waals surface area contributed by atoms with E-state index in [1.807, 2.05) is 48.5 Å². The van der Waals surface area contributed by atoms with Gasteiger partial charge < -0.3 is 14.8 Å². The normalized spacial score (nSPS) is 10.0. The first-order valence-corrected chi connectivity index (χ1v) is 8.82. The highest BCUT2D eigenvalue weighted by Gasteiger charge is 2.11. The van der Waals surface area contributed by atoms with E-state index in [4.69, 9.17) is 14.7 Å².